The Balaban J connectivity index is 1.78. The molecule has 1 aromatic heterocycles. The maximum absolute atomic E-state index is 11.7. The standard InChI is InChI=1S/C14H21N3O/c1-15-11-14(18)17-8-5-12(6-9-17)10-13-4-2-3-7-16-13/h2-4,7,12,15H,5-6,8-11H2,1H3. The molecule has 2 rings (SSSR count). The lowest BCUT2D eigenvalue weighted by Crippen LogP contribution is -2.42. The number of likely N-dealkylation sites (N-methyl/N-ethyl adjacent to an activating group) is 1. The second-order valence-electron chi connectivity index (χ2n) is 4.88. The number of piperidine rings is 1. The summed E-state index contributed by atoms with van der Waals surface area (Å²) in [5, 5.41) is 2.91. The van der Waals surface area contributed by atoms with Crippen LogP contribution in [0.2, 0.25) is 0 Å². The Bertz CT molecular complexity index is 372. The van der Waals surface area contributed by atoms with Gasteiger partial charge in [-0.2, -0.15) is 0 Å². The van der Waals surface area contributed by atoms with Crippen molar-refractivity contribution < 1.29 is 4.79 Å². The van der Waals surface area contributed by atoms with Gasteiger partial charge in [-0.3, -0.25) is 9.78 Å². The van der Waals surface area contributed by atoms with E-state index >= 15 is 0 Å². The van der Waals surface area contributed by atoms with Crippen molar-refractivity contribution in [3.05, 3.63) is 30.1 Å². The van der Waals surface area contributed by atoms with Crippen LogP contribution in [0, 0.1) is 5.92 Å². The molecule has 0 bridgehead atoms. The van der Waals surface area contributed by atoms with Gasteiger partial charge >= 0.3 is 0 Å². The van der Waals surface area contributed by atoms with Crippen molar-refractivity contribution in [1.29, 1.82) is 0 Å². The maximum atomic E-state index is 11.7. The van der Waals surface area contributed by atoms with Crippen molar-refractivity contribution in [1.82, 2.24) is 15.2 Å². The topological polar surface area (TPSA) is 45.2 Å². The minimum atomic E-state index is 0.216. The van der Waals surface area contributed by atoms with E-state index in [4.69, 9.17) is 0 Å². The Morgan fingerprint density at radius 2 is 2.22 bits per heavy atom. The molecule has 1 aliphatic rings. The summed E-state index contributed by atoms with van der Waals surface area (Å²) in [5.74, 6) is 0.882. The van der Waals surface area contributed by atoms with E-state index in [-0.39, 0.29) is 5.91 Å². The highest BCUT2D eigenvalue weighted by atomic mass is 16.2. The average molecular weight is 247 g/mol. The van der Waals surface area contributed by atoms with E-state index in [0.29, 0.717) is 12.5 Å². The number of hydrogen-bond acceptors (Lipinski definition) is 3. The molecule has 1 fully saturated rings. The summed E-state index contributed by atoms with van der Waals surface area (Å²) in [6.07, 6.45) is 5.06. The zero-order chi connectivity index (χ0) is 12.8. The molecule has 4 nitrogen and oxygen atoms in total. The van der Waals surface area contributed by atoms with Crippen molar-refractivity contribution in [2.45, 2.75) is 19.3 Å². The van der Waals surface area contributed by atoms with E-state index in [2.05, 4.69) is 16.4 Å². The summed E-state index contributed by atoms with van der Waals surface area (Å²) in [5.41, 5.74) is 1.16. The maximum Gasteiger partial charge on any atom is 0.236 e. The van der Waals surface area contributed by atoms with Gasteiger partial charge in [0.2, 0.25) is 5.91 Å². The van der Waals surface area contributed by atoms with Gasteiger partial charge in [-0.1, -0.05) is 6.07 Å². The van der Waals surface area contributed by atoms with Gasteiger partial charge < -0.3 is 10.2 Å². The van der Waals surface area contributed by atoms with E-state index in [1.165, 1.54) is 0 Å². The Hall–Kier alpha value is -1.42. The molecule has 0 unspecified atom stereocenters. The SMILES string of the molecule is CNCC(=O)N1CCC(Cc2ccccn2)CC1. The molecule has 0 saturated carbocycles. The van der Waals surface area contributed by atoms with Gasteiger partial charge in [0, 0.05) is 25.0 Å². The van der Waals surface area contributed by atoms with Crippen LogP contribution in [0.15, 0.2) is 24.4 Å². The lowest BCUT2D eigenvalue weighted by atomic mass is 9.92. The molecule has 1 saturated heterocycles. The number of amides is 1. The highest BCUT2D eigenvalue weighted by Crippen LogP contribution is 2.20. The Labute approximate surface area is 108 Å². The van der Waals surface area contributed by atoms with Crippen molar-refractivity contribution >= 4 is 5.91 Å². The summed E-state index contributed by atoms with van der Waals surface area (Å²) in [6, 6.07) is 6.06. The van der Waals surface area contributed by atoms with Crippen molar-refractivity contribution in [3.8, 4) is 0 Å². The first kappa shape index (κ1) is 13.0. The molecule has 1 aromatic rings. The average Bonchev–Trinajstić information content (AvgIpc) is 2.41. The molecule has 1 aliphatic heterocycles. The Morgan fingerprint density at radius 3 is 2.83 bits per heavy atom. The van der Waals surface area contributed by atoms with E-state index in [1.54, 1.807) is 0 Å². The van der Waals surface area contributed by atoms with E-state index in [9.17, 15) is 4.79 Å². The van der Waals surface area contributed by atoms with Crippen LogP contribution in [-0.2, 0) is 11.2 Å². The number of pyridine rings is 1. The molecule has 1 amide bonds. The number of likely N-dealkylation sites (tertiary alicyclic amines) is 1. The fourth-order valence-electron chi connectivity index (χ4n) is 2.46. The molecule has 4 heteroatoms. The summed E-state index contributed by atoms with van der Waals surface area (Å²) < 4.78 is 0. The van der Waals surface area contributed by atoms with Crippen LogP contribution in [-0.4, -0.2) is 42.5 Å². The highest BCUT2D eigenvalue weighted by molar-refractivity contribution is 5.78. The number of carbonyl (C=O) groups is 1. The van der Waals surface area contributed by atoms with Crippen LogP contribution in [0.1, 0.15) is 18.5 Å². The minimum Gasteiger partial charge on any atom is -0.342 e. The van der Waals surface area contributed by atoms with Crippen LogP contribution in [0.4, 0.5) is 0 Å². The van der Waals surface area contributed by atoms with Gasteiger partial charge in [0.15, 0.2) is 0 Å². The first-order chi connectivity index (χ1) is 8.79. The third kappa shape index (κ3) is 3.53. The molecular weight excluding hydrogens is 226 g/mol. The largest absolute Gasteiger partial charge is 0.342 e. The number of rotatable bonds is 4. The monoisotopic (exact) mass is 247 g/mol. The number of nitrogens with zero attached hydrogens (tertiary/aromatic N) is 2. The van der Waals surface area contributed by atoms with E-state index < -0.39 is 0 Å². The van der Waals surface area contributed by atoms with Gasteiger partial charge in [-0.15, -0.1) is 0 Å². The third-order valence-electron chi connectivity index (χ3n) is 3.52. The molecule has 2 heterocycles. The molecule has 0 aliphatic carbocycles. The van der Waals surface area contributed by atoms with Crippen LogP contribution >= 0.6 is 0 Å². The number of carbonyl (C=O) groups excluding carboxylic acids is 1. The van der Waals surface area contributed by atoms with Gasteiger partial charge in [-0.25, -0.2) is 0 Å². The van der Waals surface area contributed by atoms with Gasteiger partial charge in [-0.05, 0) is 44.4 Å². The lowest BCUT2D eigenvalue weighted by Gasteiger charge is -2.32. The van der Waals surface area contributed by atoms with Crippen LogP contribution in [0.25, 0.3) is 0 Å². The first-order valence-corrected chi connectivity index (χ1v) is 6.62. The quantitative estimate of drug-likeness (QED) is 0.866. The highest BCUT2D eigenvalue weighted by Gasteiger charge is 2.22. The van der Waals surface area contributed by atoms with Crippen LogP contribution < -0.4 is 5.32 Å². The fourth-order valence-corrected chi connectivity index (χ4v) is 2.46. The molecule has 0 spiro atoms. The normalized spacial score (nSPS) is 16.8. The number of aromatic nitrogens is 1. The lowest BCUT2D eigenvalue weighted by molar-refractivity contribution is -0.131. The van der Waals surface area contributed by atoms with Crippen molar-refractivity contribution in [2.24, 2.45) is 5.92 Å². The van der Waals surface area contributed by atoms with E-state index in [1.807, 2.05) is 30.3 Å². The summed E-state index contributed by atoms with van der Waals surface area (Å²) in [6.45, 7) is 2.22. The van der Waals surface area contributed by atoms with Crippen molar-refractivity contribution in [3.63, 3.8) is 0 Å². The molecule has 98 valence electrons. The smallest absolute Gasteiger partial charge is 0.236 e. The summed E-state index contributed by atoms with van der Waals surface area (Å²) in [7, 11) is 1.81. The molecule has 0 aromatic carbocycles. The van der Waals surface area contributed by atoms with Crippen LogP contribution in [0.3, 0.4) is 0 Å². The van der Waals surface area contributed by atoms with E-state index in [0.717, 1.165) is 38.0 Å². The molecule has 0 atom stereocenters. The second-order valence-corrected chi connectivity index (χ2v) is 4.88. The van der Waals surface area contributed by atoms with Crippen LogP contribution in [0.5, 0.6) is 0 Å². The zero-order valence-corrected chi connectivity index (χ0v) is 10.9. The van der Waals surface area contributed by atoms with Crippen molar-refractivity contribution in [2.75, 3.05) is 26.7 Å². The predicted octanol–water partition coefficient (Wildman–Crippen LogP) is 1.08. The third-order valence-corrected chi connectivity index (χ3v) is 3.52. The number of nitrogens with one attached hydrogen (secondary N) is 1. The molecular formula is C14H21N3O. The molecule has 1 N–H and O–H groups in total. The predicted molar refractivity (Wildman–Crippen MR) is 71.2 cm³/mol. The summed E-state index contributed by atoms with van der Waals surface area (Å²) >= 11 is 0. The Morgan fingerprint density at radius 1 is 1.44 bits per heavy atom. The fraction of sp³-hybridized carbons (Fsp3) is 0.571. The first-order valence-electron chi connectivity index (χ1n) is 6.62. The summed E-state index contributed by atoms with van der Waals surface area (Å²) in [4.78, 5) is 18.0. The molecule has 18 heavy (non-hydrogen) atoms. The second kappa shape index (κ2) is 6.50. The number of hydrogen-bond donors (Lipinski definition) is 1. The molecule has 0 radical (unpaired) electrons. The van der Waals surface area contributed by atoms with Gasteiger partial charge in [0.05, 0.1) is 6.54 Å². The Kier molecular flexibility index (Phi) is 4.70. The van der Waals surface area contributed by atoms with Gasteiger partial charge in [0.1, 0.15) is 0 Å². The minimum absolute atomic E-state index is 0.216. The van der Waals surface area contributed by atoms with Gasteiger partial charge in [0.25, 0.3) is 0 Å². The zero-order valence-electron chi connectivity index (χ0n) is 10.9.